The first-order valence-corrected chi connectivity index (χ1v) is 15.9. The van der Waals surface area contributed by atoms with Gasteiger partial charge in [-0.15, -0.1) is 5.10 Å². The predicted octanol–water partition coefficient (Wildman–Crippen LogP) is 8.16. The molecule has 5 aromatic rings. The molecule has 45 heavy (non-hydrogen) atoms. The smallest absolute Gasteiger partial charge is 0.141 e. The van der Waals surface area contributed by atoms with E-state index in [9.17, 15) is 9.65 Å². The molecular weight excluding hydrogens is 610 g/mol. The van der Waals surface area contributed by atoms with E-state index in [4.69, 9.17) is 28.3 Å². The topological polar surface area (TPSA) is 85.9 Å². The summed E-state index contributed by atoms with van der Waals surface area (Å²) in [6, 6.07) is 20.7. The molecule has 0 aliphatic carbocycles. The Balaban J connectivity index is 1.44. The Hall–Kier alpha value is -4.23. The van der Waals surface area contributed by atoms with Crippen LogP contribution in [0.1, 0.15) is 55.6 Å². The van der Waals surface area contributed by atoms with Gasteiger partial charge >= 0.3 is 0 Å². The van der Waals surface area contributed by atoms with Crippen LogP contribution in [0.5, 0.6) is 0 Å². The summed E-state index contributed by atoms with van der Waals surface area (Å²) in [5.41, 5.74) is 4.61. The second-order valence-corrected chi connectivity index (χ2v) is 11.9. The van der Waals surface area contributed by atoms with Crippen molar-refractivity contribution in [1.82, 2.24) is 24.9 Å². The summed E-state index contributed by atoms with van der Waals surface area (Å²) in [5.74, 6) is -0.526. The number of benzene rings is 3. The first kappa shape index (κ1) is 30.8. The highest BCUT2D eigenvalue weighted by Crippen LogP contribution is 2.40. The Morgan fingerprint density at radius 2 is 1.84 bits per heavy atom. The summed E-state index contributed by atoms with van der Waals surface area (Å²) in [5, 5.41) is 23.6. The van der Waals surface area contributed by atoms with Crippen molar-refractivity contribution < 1.29 is 4.39 Å². The molecule has 8 nitrogen and oxygen atoms in total. The third-order valence-electron chi connectivity index (χ3n) is 8.50. The maximum Gasteiger partial charge on any atom is 0.141 e. The van der Waals surface area contributed by atoms with Crippen LogP contribution < -0.4 is 10.2 Å². The zero-order chi connectivity index (χ0) is 31.5. The number of likely N-dealkylation sites (tertiary alicyclic amines) is 1. The zero-order valence-electron chi connectivity index (χ0n) is 25.1. The zero-order valence-corrected chi connectivity index (χ0v) is 26.6. The van der Waals surface area contributed by atoms with E-state index in [2.05, 4.69) is 63.6 Å². The molecule has 0 radical (unpaired) electrons. The van der Waals surface area contributed by atoms with E-state index < -0.39 is 5.82 Å². The van der Waals surface area contributed by atoms with E-state index in [-0.39, 0.29) is 11.1 Å². The molecule has 0 amide bonds. The van der Waals surface area contributed by atoms with Gasteiger partial charge in [-0.1, -0.05) is 65.7 Å². The molecule has 2 aromatic heterocycles. The minimum Gasteiger partial charge on any atom is -0.359 e. The van der Waals surface area contributed by atoms with Gasteiger partial charge in [-0.05, 0) is 62.2 Å². The van der Waals surface area contributed by atoms with Crippen LogP contribution in [0.3, 0.4) is 0 Å². The normalized spacial score (nSPS) is 14.8. The number of nitriles is 1. The molecule has 230 valence electrons. The highest BCUT2D eigenvalue weighted by atomic mass is 35.5. The van der Waals surface area contributed by atoms with E-state index in [1.54, 1.807) is 6.07 Å². The Bertz CT molecular complexity index is 1850. The number of pyridine rings is 1. The highest BCUT2D eigenvalue weighted by Gasteiger charge is 2.28. The van der Waals surface area contributed by atoms with Gasteiger partial charge in [-0.3, -0.25) is 4.98 Å². The van der Waals surface area contributed by atoms with Crippen molar-refractivity contribution in [3.05, 3.63) is 106 Å². The summed E-state index contributed by atoms with van der Waals surface area (Å²) in [6.07, 6.45) is 5.63. The molecule has 1 fully saturated rings. The van der Waals surface area contributed by atoms with Gasteiger partial charge in [0.2, 0.25) is 0 Å². The molecule has 0 spiro atoms. The van der Waals surface area contributed by atoms with Crippen molar-refractivity contribution in [2.45, 2.75) is 38.8 Å². The molecule has 1 N–H and O–H groups in total. The Labute approximate surface area is 272 Å². The average Bonchev–Trinajstić information content (AvgIpc) is 3.55. The van der Waals surface area contributed by atoms with E-state index in [0.29, 0.717) is 45.5 Å². The number of halogens is 3. The second-order valence-electron chi connectivity index (χ2n) is 11.1. The summed E-state index contributed by atoms with van der Waals surface area (Å²) in [7, 11) is 0. The van der Waals surface area contributed by atoms with Gasteiger partial charge in [0.1, 0.15) is 23.6 Å². The lowest BCUT2D eigenvalue weighted by atomic mass is 10.00. The first-order chi connectivity index (χ1) is 21.9. The lowest BCUT2D eigenvalue weighted by molar-refractivity contribution is 0.186. The van der Waals surface area contributed by atoms with Crippen LogP contribution in [0, 0.1) is 17.1 Å². The Morgan fingerprint density at radius 1 is 1.07 bits per heavy atom. The fourth-order valence-electron chi connectivity index (χ4n) is 6.10. The molecule has 0 bridgehead atoms. The number of rotatable bonds is 9. The number of hydrogen-bond acceptors (Lipinski definition) is 7. The van der Waals surface area contributed by atoms with Crippen LogP contribution in [0.15, 0.2) is 73.1 Å². The number of anilines is 3. The number of nitrogens with one attached hydrogen (secondary N) is 1. The van der Waals surface area contributed by atoms with E-state index in [1.807, 2.05) is 35.0 Å². The first-order valence-electron chi connectivity index (χ1n) is 15.1. The summed E-state index contributed by atoms with van der Waals surface area (Å²) >= 11 is 13.0. The van der Waals surface area contributed by atoms with Crippen molar-refractivity contribution in [2.24, 2.45) is 0 Å². The van der Waals surface area contributed by atoms with E-state index >= 15 is 0 Å². The predicted molar refractivity (Wildman–Crippen MR) is 178 cm³/mol. The van der Waals surface area contributed by atoms with Crippen LogP contribution in [-0.2, 0) is 0 Å². The standard InChI is InChI=1S/C34H33Cl2FN8/c1-3-43-14-12-25(13-15-43)45-21-31(41-42-45)34(22-8-6-5-7-9-22)44(4-2)26-17-27-32(40-24-10-11-30(37)28(35)16-24)23(19-38)20-39-33(27)29(36)18-26/h5-11,16-18,20-21,25,34H,3-4,12-15H2,1-2H3,(H,39,40)/t34-/m0/s1. The van der Waals surface area contributed by atoms with Gasteiger partial charge in [0.25, 0.3) is 0 Å². The number of fused-ring (bicyclic) bond motifs is 1. The molecule has 1 aliphatic heterocycles. The Morgan fingerprint density at radius 3 is 2.53 bits per heavy atom. The summed E-state index contributed by atoms with van der Waals surface area (Å²) < 4.78 is 15.9. The quantitative estimate of drug-likeness (QED) is 0.174. The van der Waals surface area contributed by atoms with Gasteiger partial charge in [-0.2, -0.15) is 5.26 Å². The van der Waals surface area contributed by atoms with Crippen LogP contribution in [0.25, 0.3) is 10.9 Å². The lowest BCUT2D eigenvalue weighted by Crippen LogP contribution is -2.34. The van der Waals surface area contributed by atoms with Crippen molar-refractivity contribution in [1.29, 1.82) is 5.26 Å². The average molecular weight is 644 g/mol. The maximum absolute atomic E-state index is 13.9. The van der Waals surface area contributed by atoms with Gasteiger partial charge in [-0.25, -0.2) is 9.07 Å². The Kier molecular flexibility index (Phi) is 9.17. The molecular formula is C34H33Cl2FN8. The minimum absolute atomic E-state index is 0.0255. The van der Waals surface area contributed by atoms with Crippen molar-refractivity contribution in [3.63, 3.8) is 0 Å². The third-order valence-corrected chi connectivity index (χ3v) is 9.08. The molecule has 0 unspecified atom stereocenters. The van der Waals surface area contributed by atoms with Gasteiger partial charge < -0.3 is 15.1 Å². The monoisotopic (exact) mass is 642 g/mol. The molecule has 0 saturated carbocycles. The second kappa shape index (κ2) is 13.4. The van der Waals surface area contributed by atoms with Crippen molar-refractivity contribution in [2.75, 3.05) is 36.4 Å². The van der Waals surface area contributed by atoms with Crippen LogP contribution >= 0.6 is 23.2 Å². The molecule has 1 atom stereocenters. The number of piperidine rings is 1. The van der Waals surface area contributed by atoms with Gasteiger partial charge in [0, 0.05) is 42.6 Å². The lowest BCUT2D eigenvalue weighted by Gasteiger charge is -2.33. The molecule has 1 aliphatic rings. The SMILES string of the molecule is CCN1CCC(n2cc([C@H](c3ccccc3)N(CC)c3cc(Cl)c4ncc(C#N)c(Nc5ccc(F)c(Cl)c5)c4c3)nn2)CC1. The van der Waals surface area contributed by atoms with Gasteiger partial charge in [0.15, 0.2) is 0 Å². The fourth-order valence-corrected chi connectivity index (χ4v) is 6.55. The fraction of sp³-hybridized carbons (Fsp3) is 0.294. The molecule has 1 saturated heterocycles. The van der Waals surface area contributed by atoms with Crippen molar-refractivity contribution in [3.8, 4) is 6.07 Å². The molecule has 6 rings (SSSR count). The molecule has 11 heteroatoms. The molecule has 3 aromatic carbocycles. The molecule has 3 heterocycles. The number of nitrogens with zero attached hydrogens (tertiary/aromatic N) is 7. The summed E-state index contributed by atoms with van der Waals surface area (Å²) in [4.78, 5) is 9.20. The maximum atomic E-state index is 13.9. The van der Waals surface area contributed by atoms with Crippen LogP contribution in [-0.4, -0.2) is 51.1 Å². The van der Waals surface area contributed by atoms with Crippen LogP contribution in [0.4, 0.5) is 21.5 Å². The van der Waals surface area contributed by atoms with E-state index in [0.717, 1.165) is 49.4 Å². The number of hydrogen-bond donors (Lipinski definition) is 1. The van der Waals surface area contributed by atoms with E-state index in [1.165, 1.54) is 18.3 Å². The third kappa shape index (κ3) is 6.32. The van der Waals surface area contributed by atoms with Crippen molar-refractivity contribution >= 4 is 51.2 Å². The minimum atomic E-state index is -0.526. The number of aromatic nitrogens is 4. The van der Waals surface area contributed by atoms with Crippen LogP contribution in [0.2, 0.25) is 10.0 Å². The largest absolute Gasteiger partial charge is 0.359 e. The summed E-state index contributed by atoms with van der Waals surface area (Å²) in [6.45, 7) is 8.08. The highest BCUT2D eigenvalue weighted by molar-refractivity contribution is 6.36. The van der Waals surface area contributed by atoms with Gasteiger partial charge in [0.05, 0.1) is 39.1 Å².